The summed E-state index contributed by atoms with van der Waals surface area (Å²) in [6, 6.07) is 40.8. The molecule has 164 valence electrons. The van der Waals surface area contributed by atoms with Crippen molar-refractivity contribution in [2.24, 2.45) is 0 Å². The van der Waals surface area contributed by atoms with Gasteiger partial charge in [-0.1, -0.05) is 84.9 Å². The molecule has 0 amide bonds. The van der Waals surface area contributed by atoms with Crippen LogP contribution in [-0.2, 0) is 0 Å². The largest absolute Gasteiger partial charge is 0.456 e. The molecule has 2 heterocycles. The summed E-state index contributed by atoms with van der Waals surface area (Å²) >= 11 is 0. The van der Waals surface area contributed by atoms with Gasteiger partial charge in [-0.05, 0) is 63.0 Å². The SMILES string of the molecule is c1ccc2c(c1)Oc1cc(-c3ccc4ccccc4c3)cc3c1P2c1c(ccc2ccccc12)O3. The van der Waals surface area contributed by atoms with Crippen molar-refractivity contribution in [3.05, 3.63) is 115 Å². The van der Waals surface area contributed by atoms with Crippen LogP contribution in [0, 0.1) is 0 Å². The Kier molecular flexibility index (Phi) is 3.94. The van der Waals surface area contributed by atoms with Gasteiger partial charge in [-0.25, -0.2) is 0 Å². The molecule has 0 saturated heterocycles. The molecule has 0 N–H and O–H groups in total. The van der Waals surface area contributed by atoms with E-state index in [4.69, 9.17) is 9.47 Å². The summed E-state index contributed by atoms with van der Waals surface area (Å²) in [5, 5.41) is 8.65. The van der Waals surface area contributed by atoms with Gasteiger partial charge in [0, 0.05) is 18.5 Å². The fraction of sp³-hybridized carbons (Fsp3) is 0. The van der Waals surface area contributed by atoms with E-state index < -0.39 is 7.92 Å². The van der Waals surface area contributed by atoms with Crippen LogP contribution >= 0.6 is 7.92 Å². The molecule has 6 aromatic rings. The summed E-state index contributed by atoms with van der Waals surface area (Å²) in [6.45, 7) is 0. The quantitative estimate of drug-likeness (QED) is 0.232. The van der Waals surface area contributed by atoms with Crippen LogP contribution in [0.3, 0.4) is 0 Å². The predicted octanol–water partition coefficient (Wildman–Crippen LogP) is 7.63. The second-order valence-corrected chi connectivity index (χ2v) is 11.1. The highest BCUT2D eigenvalue weighted by Gasteiger charge is 2.38. The van der Waals surface area contributed by atoms with E-state index in [1.807, 2.05) is 0 Å². The van der Waals surface area contributed by atoms with Gasteiger partial charge >= 0.3 is 0 Å². The maximum atomic E-state index is 6.63. The summed E-state index contributed by atoms with van der Waals surface area (Å²) in [5.41, 5.74) is 2.26. The zero-order chi connectivity index (χ0) is 22.9. The summed E-state index contributed by atoms with van der Waals surface area (Å²) < 4.78 is 13.2. The first-order valence-electron chi connectivity index (χ1n) is 11.8. The van der Waals surface area contributed by atoms with E-state index >= 15 is 0 Å². The van der Waals surface area contributed by atoms with Crippen LogP contribution in [0.5, 0.6) is 23.0 Å². The molecule has 6 aromatic carbocycles. The number of hydrogen-bond acceptors (Lipinski definition) is 2. The number of para-hydroxylation sites is 1. The highest BCUT2D eigenvalue weighted by Crippen LogP contribution is 2.54. The zero-order valence-corrected chi connectivity index (χ0v) is 19.6. The molecule has 0 spiro atoms. The van der Waals surface area contributed by atoms with Crippen molar-refractivity contribution >= 4 is 45.4 Å². The predicted molar refractivity (Wildman–Crippen MR) is 146 cm³/mol. The second kappa shape index (κ2) is 7.18. The van der Waals surface area contributed by atoms with Crippen LogP contribution < -0.4 is 25.4 Å². The van der Waals surface area contributed by atoms with Crippen LogP contribution in [0.25, 0.3) is 32.7 Å². The Morgan fingerprint density at radius 1 is 0.429 bits per heavy atom. The molecular weight excluding hydrogens is 447 g/mol. The van der Waals surface area contributed by atoms with Crippen LogP contribution in [0.15, 0.2) is 115 Å². The van der Waals surface area contributed by atoms with Crippen molar-refractivity contribution in [2.75, 3.05) is 0 Å². The van der Waals surface area contributed by atoms with Gasteiger partial charge < -0.3 is 9.47 Å². The molecule has 2 aliphatic rings. The van der Waals surface area contributed by atoms with Crippen LogP contribution in [0.4, 0.5) is 0 Å². The monoisotopic (exact) mass is 466 g/mol. The Hall–Kier alpha value is -4.13. The Morgan fingerprint density at radius 2 is 1.11 bits per heavy atom. The first kappa shape index (κ1) is 19.2. The van der Waals surface area contributed by atoms with Gasteiger partial charge in [0.2, 0.25) is 0 Å². The Bertz CT molecular complexity index is 1800. The van der Waals surface area contributed by atoms with Crippen molar-refractivity contribution in [2.45, 2.75) is 0 Å². The minimum atomic E-state index is -0.810. The smallest absolute Gasteiger partial charge is 0.140 e. The van der Waals surface area contributed by atoms with Crippen molar-refractivity contribution in [1.82, 2.24) is 0 Å². The maximum Gasteiger partial charge on any atom is 0.140 e. The molecule has 0 aliphatic carbocycles. The average Bonchev–Trinajstić information content (AvgIpc) is 2.92. The van der Waals surface area contributed by atoms with Gasteiger partial charge in [0.15, 0.2) is 0 Å². The van der Waals surface area contributed by atoms with Crippen LogP contribution in [0.1, 0.15) is 0 Å². The number of fused-ring (bicyclic) bond motifs is 7. The molecule has 2 aliphatic heterocycles. The third-order valence-corrected chi connectivity index (χ3v) is 9.63. The van der Waals surface area contributed by atoms with Gasteiger partial charge in [0.25, 0.3) is 0 Å². The summed E-state index contributed by atoms with van der Waals surface area (Å²) in [7, 11) is -0.810. The standard InChI is InChI=1S/C32H19O2P/c1-2-9-22-17-23(14-13-20(22)7-1)24-18-28-32-29(19-24)34-27-16-15-21-8-3-4-10-25(21)31(27)35(32)30-12-6-5-11-26(30)33-28/h1-19H. The molecule has 0 aromatic heterocycles. The molecule has 0 saturated carbocycles. The van der Waals surface area contributed by atoms with E-state index in [1.165, 1.54) is 37.5 Å². The lowest BCUT2D eigenvalue weighted by molar-refractivity contribution is 0.467. The highest BCUT2D eigenvalue weighted by molar-refractivity contribution is 7.81. The van der Waals surface area contributed by atoms with E-state index in [9.17, 15) is 0 Å². The topological polar surface area (TPSA) is 18.5 Å². The van der Waals surface area contributed by atoms with Crippen molar-refractivity contribution < 1.29 is 9.47 Å². The van der Waals surface area contributed by atoms with E-state index in [1.54, 1.807) is 0 Å². The third-order valence-electron chi connectivity index (χ3n) is 6.98. The Labute approximate surface area is 204 Å². The molecule has 1 unspecified atom stereocenters. The van der Waals surface area contributed by atoms with Gasteiger partial charge in [-0.2, -0.15) is 0 Å². The van der Waals surface area contributed by atoms with E-state index in [-0.39, 0.29) is 0 Å². The number of ether oxygens (including phenoxy) is 2. The molecular formula is C32H19O2P. The lowest BCUT2D eigenvalue weighted by Gasteiger charge is -2.35. The maximum absolute atomic E-state index is 6.63. The van der Waals surface area contributed by atoms with Gasteiger partial charge in [0.05, 0.1) is 5.30 Å². The molecule has 3 heteroatoms. The molecule has 8 rings (SSSR count). The number of rotatable bonds is 1. The van der Waals surface area contributed by atoms with Crippen LogP contribution in [-0.4, -0.2) is 0 Å². The zero-order valence-electron chi connectivity index (χ0n) is 18.7. The van der Waals surface area contributed by atoms with Gasteiger partial charge in [-0.15, -0.1) is 0 Å². The average molecular weight is 466 g/mol. The van der Waals surface area contributed by atoms with E-state index in [2.05, 4.69) is 115 Å². The molecule has 1 atom stereocenters. The second-order valence-electron chi connectivity index (χ2n) is 9.02. The fourth-order valence-corrected chi connectivity index (χ4v) is 8.09. The number of hydrogen-bond donors (Lipinski definition) is 0. The Morgan fingerprint density at radius 3 is 2.00 bits per heavy atom. The molecule has 0 fully saturated rings. The van der Waals surface area contributed by atoms with E-state index in [0.717, 1.165) is 34.1 Å². The minimum absolute atomic E-state index is 0.810. The first-order valence-corrected chi connectivity index (χ1v) is 13.1. The van der Waals surface area contributed by atoms with E-state index in [0.29, 0.717) is 0 Å². The fourth-order valence-electron chi connectivity index (χ4n) is 5.36. The first-order chi connectivity index (χ1) is 17.3. The molecule has 2 nitrogen and oxygen atoms in total. The lowest BCUT2D eigenvalue weighted by Crippen LogP contribution is -2.32. The van der Waals surface area contributed by atoms with Gasteiger partial charge in [-0.3, -0.25) is 0 Å². The van der Waals surface area contributed by atoms with Gasteiger partial charge in [0.1, 0.15) is 23.0 Å². The number of benzene rings is 6. The van der Waals surface area contributed by atoms with Crippen molar-refractivity contribution in [1.29, 1.82) is 0 Å². The molecule has 0 bridgehead atoms. The van der Waals surface area contributed by atoms with Crippen molar-refractivity contribution in [3.8, 4) is 34.1 Å². The molecule has 35 heavy (non-hydrogen) atoms. The van der Waals surface area contributed by atoms with Crippen molar-refractivity contribution in [3.63, 3.8) is 0 Å². The normalized spacial score (nSPS) is 15.0. The lowest BCUT2D eigenvalue weighted by atomic mass is 10.0. The summed E-state index contributed by atoms with van der Waals surface area (Å²) in [4.78, 5) is 0. The minimum Gasteiger partial charge on any atom is -0.456 e. The summed E-state index contributed by atoms with van der Waals surface area (Å²) in [6.07, 6.45) is 0. The Balaban J connectivity index is 1.40. The molecule has 0 radical (unpaired) electrons. The highest BCUT2D eigenvalue weighted by atomic mass is 31.1. The van der Waals surface area contributed by atoms with Crippen LogP contribution in [0.2, 0.25) is 0 Å². The third kappa shape index (κ3) is 2.81. The summed E-state index contributed by atoms with van der Waals surface area (Å²) in [5.74, 6) is 3.68.